The summed E-state index contributed by atoms with van der Waals surface area (Å²) in [6, 6.07) is 4.75. The third-order valence-corrected chi connectivity index (χ3v) is 5.33. The highest BCUT2D eigenvalue weighted by Gasteiger charge is 2.30. The van der Waals surface area contributed by atoms with Crippen LogP contribution in [-0.4, -0.2) is 20.3 Å². The number of fused-ring (bicyclic) bond motifs is 1. The number of hydrogen-bond donors (Lipinski definition) is 1. The molecule has 0 aliphatic carbocycles. The summed E-state index contributed by atoms with van der Waals surface area (Å²) in [5.41, 5.74) is -0.903. The summed E-state index contributed by atoms with van der Waals surface area (Å²) >= 11 is 2.30. The Labute approximate surface area is 162 Å². The highest BCUT2D eigenvalue weighted by molar-refractivity contribution is 7.15. The van der Waals surface area contributed by atoms with Gasteiger partial charge in [-0.25, -0.2) is 9.97 Å². The van der Waals surface area contributed by atoms with Gasteiger partial charge < -0.3 is 0 Å². The number of amides is 1. The molecule has 0 aliphatic heterocycles. The van der Waals surface area contributed by atoms with Crippen molar-refractivity contribution in [2.45, 2.75) is 6.18 Å². The van der Waals surface area contributed by atoms with Gasteiger partial charge in [-0.2, -0.15) is 13.2 Å². The molecule has 1 amide bonds. The lowest BCUT2D eigenvalue weighted by molar-refractivity contribution is -0.137. The molecule has 4 rings (SSSR count). The van der Waals surface area contributed by atoms with E-state index in [1.54, 1.807) is 5.38 Å². The van der Waals surface area contributed by atoms with E-state index in [4.69, 9.17) is 0 Å². The zero-order valence-corrected chi connectivity index (χ0v) is 15.4. The maximum Gasteiger partial charge on any atom is 0.416 e. The van der Waals surface area contributed by atoms with E-state index in [1.165, 1.54) is 45.6 Å². The number of rotatable bonds is 3. The highest BCUT2D eigenvalue weighted by Crippen LogP contribution is 2.33. The van der Waals surface area contributed by atoms with Crippen molar-refractivity contribution in [1.29, 1.82) is 0 Å². The SMILES string of the molecule is O=C(Nc1nc(-c2cccc(C(F)(F)F)c2)cs1)c1cnc2sccn2c1=O. The smallest absolute Gasteiger partial charge is 0.298 e. The summed E-state index contributed by atoms with van der Waals surface area (Å²) in [5.74, 6) is -0.692. The van der Waals surface area contributed by atoms with E-state index in [2.05, 4.69) is 15.3 Å². The summed E-state index contributed by atoms with van der Waals surface area (Å²) in [6.45, 7) is 0. The van der Waals surface area contributed by atoms with Gasteiger partial charge in [0.05, 0.1) is 11.3 Å². The van der Waals surface area contributed by atoms with Crippen molar-refractivity contribution in [2.24, 2.45) is 0 Å². The molecular formula is C17H9F3N4O2S2. The summed E-state index contributed by atoms with van der Waals surface area (Å²) in [6.07, 6.45) is -1.76. The fourth-order valence-corrected chi connectivity index (χ4v) is 3.85. The van der Waals surface area contributed by atoms with Gasteiger partial charge in [0.15, 0.2) is 10.1 Å². The lowest BCUT2D eigenvalue weighted by Crippen LogP contribution is -2.25. The van der Waals surface area contributed by atoms with Crippen LogP contribution in [0.1, 0.15) is 15.9 Å². The lowest BCUT2D eigenvalue weighted by atomic mass is 10.1. The molecule has 0 atom stereocenters. The highest BCUT2D eigenvalue weighted by atomic mass is 32.1. The number of alkyl halides is 3. The van der Waals surface area contributed by atoms with Gasteiger partial charge in [-0.05, 0) is 12.1 Å². The zero-order valence-electron chi connectivity index (χ0n) is 13.7. The molecule has 0 spiro atoms. The lowest BCUT2D eigenvalue weighted by Gasteiger charge is -2.07. The van der Waals surface area contributed by atoms with Gasteiger partial charge in [-0.15, -0.1) is 22.7 Å². The van der Waals surface area contributed by atoms with Crippen LogP contribution in [0.15, 0.2) is 52.2 Å². The third kappa shape index (κ3) is 3.41. The molecular weight excluding hydrogens is 413 g/mol. The molecule has 0 unspecified atom stereocenters. The molecule has 0 saturated carbocycles. The number of anilines is 1. The van der Waals surface area contributed by atoms with Crippen LogP contribution in [0.5, 0.6) is 0 Å². The number of nitrogens with one attached hydrogen (secondary N) is 1. The molecule has 0 bridgehead atoms. The topological polar surface area (TPSA) is 76.4 Å². The first kappa shape index (κ1) is 18.3. The second-order valence-corrected chi connectivity index (χ2v) is 7.33. The molecule has 0 fully saturated rings. The van der Waals surface area contributed by atoms with E-state index in [-0.39, 0.29) is 22.0 Å². The fourth-order valence-electron chi connectivity index (χ4n) is 2.46. The third-order valence-electron chi connectivity index (χ3n) is 3.80. The quantitative estimate of drug-likeness (QED) is 0.538. The molecule has 0 saturated heterocycles. The van der Waals surface area contributed by atoms with Gasteiger partial charge in [-0.1, -0.05) is 12.1 Å². The molecule has 1 aromatic carbocycles. The van der Waals surface area contributed by atoms with Crippen molar-refractivity contribution in [3.8, 4) is 11.3 Å². The molecule has 1 N–H and O–H groups in total. The number of hydrogen-bond acceptors (Lipinski definition) is 6. The molecule has 28 heavy (non-hydrogen) atoms. The minimum atomic E-state index is -4.46. The van der Waals surface area contributed by atoms with Gasteiger partial charge in [0, 0.05) is 28.7 Å². The van der Waals surface area contributed by atoms with Crippen molar-refractivity contribution in [3.63, 3.8) is 0 Å². The summed E-state index contributed by atoms with van der Waals surface area (Å²) in [4.78, 5) is 33.4. The van der Waals surface area contributed by atoms with Crippen molar-refractivity contribution in [3.05, 3.63) is 68.9 Å². The fraction of sp³-hybridized carbons (Fsp3) is 0.0588. The molecule has 0 radical (unpaired) electrons. The van der Waals surface area contributed by atoms with Crippen molar-refractivity contribution < 1.29 is 18.0 Å². The second-order valence-electron chi connectivity index (χ2n) is 5.60. The number of nitrogens with zero attached hydrogens (tertiary/aromatic N) is 3. The Kier molecular flexibility index (Phi) is 4.47. The van der Waals surface area contributed by atoms with Gasteiger partial charge in [0.25, 0.3) is 11.5 Å². The van der Waals surface area contributed by atoms with Gasteiger partial charge >= 0.3 is 6.18 Å². The minimum Gasteiger partial charge on any atom is -0.298 e. The first-order valence-electron chi connectivity index (χ1n) is 7.72. The number of aromatic nitrogens is 3. The minimum absolute atomic E-state index is 0.159. The Bertz CT molecular complexity index is 1240. The molecule has 4 aromatic rings. The summed E-state index contributed by atoms with van der Waals surface area (Å²) in [5, 5.41) is 5.85. The average Bonchev–Trinajstić information content (AvgIpc) is 3.31. The predicted molar refractivity (Wildman–Crippen MR) is 99.8 cm³/mol. The van der Waals surface area contributed by atoms with E-state index in [0.717, 1.165) is 23.5 Å². The van der Waals surface area contributed by atoms with Crippen LogP contribution in [0.4, 0.5) is 18.3 Å². The van der Waals surface area contributed by atoms with Crippen LogP contribution in [0.25, 0.3) is 16.2 Å². The molecule has 3 heterocycles. The van der Waals surface area contributed by atoms with Crippen molar-refractivity contribution in [1.82, 2.24) is 14.4 Å². The Morgan fingerprint density at radius 2 is 2.04 bits per heavy atom. The number of carbonyl (C=O) groups excluding carboxylic acids is 1. The van der Waals surface area contributed by atoms with Gasteiger partial charge in [0.2, 0.25) is 0 Å². The number of carbonyl (C=O) groups is 1. The standard InChI is InChI=1S/C17H9F3N4O2S2/c18-17(19,20)10-3-1-2-9(6-10)12-8-28-15(22-12)23-13(25)11-7-21-16-24(14(11)26)4-5-27-16/h1-8H,(H,22,23,25). The van der Waals surface area contributed by atoms with Crippen LogP contribution in [0.2, 0.25) is 0 Å². The monoisotopic (exact) mass is 422 g/mol. The Balaban J connectivity index is 1.59. The van der Waals surface area contributed by atoms with Crippen molar-refractivity contribution >= 4 is 38.7 Å². The average molecular weight is 422 g/mol. The Morgan fingerprint density at radius 1 is 1.21 bits per heavy atom. The summed E-state index contributed by atoms with van der Waals surface area (Å²) < 4.78 is 39.8. The first-order valence-corrected chi connectivity index (χ1v) is 9.48. The number of benzene rings is 1. The van der Waals surface area contributed by atoms with E-state index in [1.807, 2.05) is 0 Å². The van der Waals surface area contributed by atoms with Gasteiger partial charge in [0.1, 0.15) is 5.56 Å². The van der Waals surface area contributed by atoms with E-state index >= 15 is 0 Å². The van der Waals surface area contributed by atoms with Crippen LogP contribution in [-0.2, 0) is 6.18 Å². The Morgan fingerprint density at radius 3 is 2.82 bits per heavy atom. The molecule has 3 aromatic heterocycles. The first-order chi connectivity index (χ1) is 13.3. The predicted octanol–water partition coefficient (Wildman–Crippen LogP) is 4.15. The molecule has 6 nitrogen and oxygen atoms in total. The van der Waals surface area contributed by atoms with E-state index < -0.39 is 23.2 Å². The maximum absolute atomic E-state index is 12.9. The normalized spacial score (nSPS) is 11.7. The number of halogens is 3. The molecule has 142 valence electrons. The van der Waals surface area contributed by atoms with E-state index in [9.17, 15) is 22.8 Å². The molecule has 11 heteroatoms. The van der Waals surface area contributed by atoms with Crippen LogP contribution >= 0.6 is 22.7 Å². The van der Waals surface area contributed by atoms with E-state index in [0.29, 0.717) is 4.96 Å². The largest absolute Gasteiger partial charge is 0.416 e. The van der Waals surface area contributed by atoms with Crippen LogP contribution in [0, 0.1) is 0 Å². The number of thiazole rings is 2. The Hall–Kier alpha value is -3.05. The molecule has 0 aliphatic rings. The maximum atomic E-state index is 12.9. The second kappa shape index (κ2) is 6.84. The van der Waals surface area contributed by atoms with Gasteiger partial charge in [-0.3, -0.25) is 19.3 Å². The summed E-state index contributed by atoms with van der Waals surface area (Å²) in [7, 11) is 0. The van der Waals surface area contributed by atoms with Crippen LogP contribution in [0.3, 0.4) is 0 Å². The van der Waals surface area contributed by atoms with Crippen molar-refractivity contribution in [2.75, 3.05) is 5.32 Å². The zero-order chi connectivity index (χ0) is 19.9. The van der Waals surface area contributed by atoms with Crippen LogP contribution < -0.4 is 10.9 Å².